The van der Waals surface area contributed by atoms with E-state index in [9.17, 15) is 9.90 Å². The lowest BCUT2D eigenvalue weighted by Gasteiger charge is -2.62. The molecule has 0 spiro atoms. The summed E-state index contributed by atoms with van der Waals surface area (Å²) < 4.78 is 0. The third-order valence-electron chi connectivity index (χ3n) is 8.22. The fraction of sp³-hybridized carbons (Fsp3) is 0.850. The molecule has 3 nitrogen and oxygen atoms in total. The van der Waals surface area contributed by atoms with E-state index in [2.05, 4.69) is 32.7 Å². The van der Waals surface area contributed by atoms with Crippen LogP contribution < -0.4 is 0 Å². The number of aliphatic hydroxyl groups is 1. The van der Waals surface area contributed by atoms with E-state index in [0.717, 1.165) is 19.3 Å². The second-order valence-corrected chi connectivity index (χ2v) is 9.34. The Hall–Kier alpha value is -0.830. The van der Waals surface area contributed by atoms with Crippen molar-refractivity contribution in [3.8, 4) is 0 Å². The summed E-state index contributed by atoms with van der Waals surface area (Å²) in [6.45, 7) is 7.15. The first-order chi connectivity index (χ1) is 10.8. The molecule has 0 aromatic carbocycles. The van der Waals surface area contributed by atoms with Gasteiger partial charge in [0.1, 0.15) is 0 Å². The second kappa shape index (κ2) is 4.84. The first-order valence-corrected chi connectivity index (χ1v) is 9.42. The number of carbonyl (C=O) groups excluding carboxylic acids is 1. The van der Waals surface area contributed by atoms with Crippen LogP contribution in [0.15, 0.2) is 11.8 Å². The molecule has 0 bridgehead atoms. The topological polar surface area (TPSA) is 40.5 Å². The molecule has 7 atom stereocenters. The number of hydrogen-bond acceptors (Lipinski definition) is 3. The lowest BCUT2D eigenvalue weighted by molar-refractivity contribution is -0.121. The molecule has 128 valence electrons. The predicted octanol–water partition coefficient (Wildman–Crippen LogP) is 3.38. The Kier molecular flexibility index (Phi) is 3.30. The van der Waals surface area contributed by atoms with Gasteiger partial charge in [0.05, 0.1) is 6.10 Å². The molecule has 2 saturated carbocycles. The van der Waals surface area contributed by atoms with Gasteiger partial charge >= 0.3 is 0 Å². The summed E-state index contributed by atoms with van der Waals surface area (Å²) >= 11 is 0. The van der Waals surface area contributed by atoms with Crippen molar-refractivity contribution >= 4 is 5.78 Å². The minimum atomic E-state index is -0.112. The van der Waals surface area contributed by atoms with Gasteiger partial charge in [0, 0.05) is 36.7 Å². The highest BCUT2D eigenvalue weighted by Crippen LogP contribution is 2.65. The second-order valence-electron chi connectivity index (χ2n) is 9.34. The van der Waals surface area contributed by atoms with Crippen molar-refractivity contribution in [2.75, 3.05) is 7.05 Å². The minimum Gasteiger partial charge on any atom is -0.393 e. The van der Waals surface area contributed by atoms with Crippen LogP contribution in [0.4, 0.5) is 0 Å². The van der Waals surface area contributed by atoms with Crippen LogP contribution >= 0.6 is 0 Å². The summed E-state index contributed by atoms with van der Waals surface area (Å²) in [5, 5.41) is 10.3. The van der Waals surface area contributed by atoms with Crippen LogP contribution in [0.3, 0.4) is 0 Å². The fourth-order valence-corrected chi connectivity index (χ4v) is 6.89. The van der Waals surface area contributed by atoms with Crippen molar-refractivity contribution in [1.82, 2.24) is 4.90 Å². The maximum absolute atomic E-state index is 12.0. The van der Waals surface area contributed by atoms with Gasteiger partial charge in [0.2, 0.25) is 0 Å². The molecule has 1 aliphatic heterocycles. The zero-order chi connectivity index (χ0) is 16.6. The highest BCUT2D eigenvalue weighted by Gasteiger charge is 2.60. The van der Waals surface area contributed by atoms with Gasteiger partial charge in [-0.3, -0.25) is 4.79 Å². The normalized spacial score (nSPS) is 52.6. The lowest BCUT2D eigenvalue weighted by Crippen LogP contribution is -2.60. The van der Waals surface area contributed by atoms with Gasteiger partial charge in [-0.25, -0.2) is 0 Å². The summed E-state index contributed by atoms with van der Waals surface area (Å²) in [5.74, 6) is 2.24. The average molecular weight is 317 g/mol. The number of nitrogens with zero attached hydrogens (tertiary/aromatic N) is 1. The van der Waals surface area contributed by atoms with Crippen LogP contribution in [0, 0.1) is 28.6 Å². The molecule has 4 rings (SSSR count). The molecule has 0 aromatic heterocycles. The van der Waals surface area contributed by atoms with Gasteiger partial charge in [-0.05, 0) is 62.2 Å². The molecule has 1 N–H and O–H groups in total. The molecule has 0 aromatic rings. The third-order valence-corrected chi connectivity index (χ3v) is 8.22. The quantitative estimate of drug-likeness (QED) is 0.744. The van der Waals surface area contributed by atoms with Crippen molar-refractivity contribution in [3.05, 3.63) is 11.8 Å². The van der Waals surface area contributed by atoms with Crippen molar-refractivity contribution in [1.29, 1.82) is 0 Å². The molecular weight excluding hydrogens is 286 g/mol. The lowest BCUT2D eigenvalue weighted by atomic mass is 9.49. The smallest absolute Gasteiger partial charge is 0.157 e. The number of ketones is 1. The number of hydrogen-bond donors (Lipinski definition) is 1. The van der Waals surface area contributed by atoms with Gasteiger partial charge in [-0.15, -0.1) is 0 Å². The number of rotatable bonds is 0. The maximum Gasteiger partial charge on any atom is 0.157 e. The van der Waals surface area contributed by atoms with Crippen LogP contribution in [0.25, 0.3) is 0 Å². The van der Waals surface area contributed by atoms with Gasteiger partial charge in [0.15, 0.2) is 5.78 Å². The third kappa shape index (κ3) is 2.01. The molecule has 1 saturated heterocycles. The Bertz CT molecular complexity index is 570. The monoisotopic (exact) mass is 317 g/mol. The van der Waals surface area contributed by atoms with Gasteiger partial charge in [-0.1, -0.05) is 13.8 Å². The van der Waals surface area contributed by atoms with E-state index < -0.39 is 0 Å². The largest absolute Gasteiger partial charge is 0.393 e. The summed E-state index contributed by atoms with van der Waals surface area (Å²) in [7, 11) is 2.18. The van der Waals surface area contributed by atoms with Crippen LogP contribution in [0.5, 0.6) is 0 Å². The Balaban J connectivity index is 1.78. The molecule has 2 unspecified atom stereocenters. The minimum absolute atomic E-state index is 0.112. The number of allylic oxidation sites excluding steroid dienone is 2. The van der Waals surface area contributed by atoms with Gasteiger partial charge < -0.3 is 10.0 Å². The number of carbonyl (C=O) groups is 1. The molecule has 1 heterocycles. The SMILES string of the molecule is CC1[C@@H]2[C@@H](CC[C@]3(C)CC(O)C[C@@H]23)[C@@]2(C)CCC(=O)C=C2N1C. The Morgan fingerprint density at radius 3 is 2.74 bits per heavy atom. The van der Waals surface area contributed by atoms with Crippen molar-refractivity contribution in [3.63, 3.8) is 0 Å². The van der Waals surface area contributed by atoms with Crippen LogP contribution in [-0.2, 0) is 4.79 Å². The van der Waals surface area contributed by atoms with Crippen LogP contribution in [0.1, 0.15) is 59.3 Å². The van der Waals surface area contributed by atoms with Crippen molar-refractivity contribution < 1.29 is 9.90 Å². The number of likely N-dealkylation sites (tertiary alicyclic amines) is 1. The standard InChI is InChI=1S/C20H31NO2/c1-12-18-15(6-7-19(2)11-14(23)9-16(18)19)20(3)8-5-13(22)10-17(20)21(12)4/h10,12,14-16,18,23H,5-9,11H2,1-4H3/t12?,14?,15-,16+,18-,19-,20-/m1/s1. The van der Waals surface area contributed by atoms with Gasteiger partial charge in [-0.2, -0.15) is 0 Å². The average Bonchev–Trinajstić information content (AvgIpc) is 2.80. The van der Waals surface area contributed by atoms with Crippen molar-refractivity contribution in [2.24, 2.45) is 28.6 Å². The number of aliphatic hydroxyl groups excluding tert-OH is 1. The van der Waals surface area contributed by atoms with E-state index in [1.807, 2.05) is 6.08 Å². The summed E-state index contributed by atoms with van der Waals surface area (Å²) in [5.41, 5.74) is 1.75. The molecule has 0 radical (unpaired) electrons. The first kappa shape index (κ1) is 15.7. The predicted molar refractivity (Wildman–Crippen MR) is 90.7 cm³/mol. The number of fused-ring (bicyclic) bond motifs is 5. The number of piperidine rings is 1. The van der Waals surface area contributed by atoms with E-state index in [-0.39, 0.29) is 11.5 Å². The molecule has 23 heavy (non-hydrogen) atoms. The Morgan fingerprint density at radius 1 is 1.26 bits per heavy atom. The van der Waals surface area contributed by atoms with Crippen molar-refractivity contribution in [2.45, 2.75) is 71.4 Å². The molecule has 4 aliphatic rings. The molecule has 0 amide bonds. The highest BCUT2D eigenvalue weighted by molar-refractivity contribution is 5.91. The zero-order valence-electron chi connectivity index (χ0n) is 15.0. The molecule has 3 aliphatic carbocycles. The van der Waals surface area contributed by atoms with E-state index in [1.54, 1.807) is 0 Å². The fourth-order valence-electron chi connectivity index (χ4n) is 6.89. The van der Waals surface area contributed by atoms with Gasteiger partial charge in [0.25, 0.3) is 0 Å². The maximum atomic E-state index is 12.0. The summed E-state index contributed by atoms with van der Waals surface area (Å²) in [4.78, 5) is 14.4. The molecular formula is C20H31NO2. The van der Waals surface area contributed by atoms with E-state index in [0.29, 0.717) is 41.4 Å². The Labute approximate surface area is 140 Å². The molecule has 3 heteroatoms. The Morgan fingerprint density at radius 2 is 2.00 bits per heavy atom. The zero-order valence-corrected chi connectivity index (χ0v) is 15.0. The molecule has 3 fully saturated rings. The van der Waals surface area contributed by atoms with Crippen LogP contribution in [0.2, 0.25) is 0 Å². The summed E-state index contributed by atoms with van der Waals surface area (Å²) in [6, 6.07) is 0.458. The van der Waals surface area contributed by atoms with Crippen LogP contribution in [-0.4, -0.2) is 35.0 Å². The first-order valence-electron chi connectivity index (χ1n) is 9.42. The van der Waals surface area contributed by atoms with E-state index >= 15 is 0 Å². The summed E-state index contributed by atoms with van der Waals surface area (Å²) in [6.07, 6.45) is 7.98. The van der Waals surface area contributed by atoms with E-state index in [4.69, 9.17) is 0 Å². The van der Waals surface area contributed by atoms with E-state index in [1.165, 1.54) is 18.5 Å². The highest BCUT2D eigenvalue weighted by atomic mass is 16.3.